The number of rotatable bonds is 4. The lowest BCUT2D eigenvalue weighted by atomic mass is 10.0. The molecular formula is C22H20F3N7. The molecule has 4 aromatic rings. The van der Waals surface area contributed by atoms with Crippen LogP contribution in [0.25, 0.3) is 22.2 Å². The number of H-pyrrole nitrogens is 1. The lowest BCUT2D eigenvalue weighted by Gasteiger charge is -2.29. The Morgan fingerprint density at radius 1 is 0.938 bits per heavy atom. The van der Waals surface area contributed by atoms with Crippen LogP contribution in [0.1, 0.15) is 5.56 Å². The molecule has 2 aromatic heterocycles. The summed E-state index contributed by atoms with van der Waals surface area (Å²) in [5, 5.41) is 14.4. The predicted molar refractivity (Wildman–Crippen MR) is 117 cm³/mol. The van der Waals surface area contributed by atoms with Crippen molar-refractivity contribution in [1.82, 2.24) is 25.5 Å². The quantitative estimate of drug-likeness (QED) is 0.442. The zero-order valence-corrected chi connectivity index (χ0v) is 16.9. The summed E-state index contributed by atoms with van der Waals surface area (Å²) in [6.45, 7) is 2.93. The number of aromatic nitrogens is 4. The summed E-state index contributed by atoms with van der Waals surface area (Å²) >= 11 is 0. The molecule has 0 saturated carbocycles. The molecular weight excluding hydrogens is 419 g/mol. The second kappa shape index (κ2) is 8.12. The lowest BCUT2D eigenvalue weighted by molar-refractivity contribution is -0.137. The minimum Gasteiger partial charge on any atom is -0.354 e. The van der Waals surface area contributed by atoms with E-state index in [1.807, 2.05) is 29.2 Å². The fraction of sp³-hybridized carbons (Fsp3) is 0.227. The number of fused-ring (bicyclic) bond motifs is 1. The van der Waals surface area contributed by atoms with E-state index in [1.165, 1.54) is 12.1 Å². The van der Waals surface area contributed by atoms with Gasteiger partial charge in [-0.1, -0.05) is 30.3 Å². The van der Waals surface area contributed by atoms with Crippen molar-refractivity contribution in [1.29, 1.82) is 0 Å². The molecule has 1 aliphatic heterocycles. The Morgan fingerprint density at radius 3 is 2.50 bits per heavy atom. The molecule has 0 atom stereocenters. The van der Waals surface area contributed by atoms with Crippen LogP contribution >= 0.6 is 0 Å². The van der Waals surface area contributed by atoms with E-state index in [9.17, 15) is 13.2 Å². The minimum absolute atomic E-state index is 0.00807. The van der Waals surface area contributed by atoms with Gasteiger partial charge in [-0.2, -0.15) is 23.3 Å². The molecule has 0 aliphatic carbocycles. The number of hydrogen-bond acceptors (Lipinski definition) is 6. The Morgan fingerprint density at radius 2 is 1.69 bits per heavy atom. The Balaban J connectivity index is 1.61. The van der Waals surface area contributed by atoms with Gasteiger partial charge in [0.25, 0.3) is 0 Å². The summed E-state index contributed by atoms with van der Waals surface area (Å²) in [7, 11) is 0. The molecule has 3 heterocycles. The van der Waals surface area contributed by atoms with Gasteiger partial charge in [-0.05, 0) is 18.2 Å². The van der Waals surface area contributed by atoms with Crippen molar-refractivity contribution in [3.63, 3.8) is 0 Å². The van der Waals surface area contributed by atoms with Crippen molar-refractivity contribution in [3.05, 3.63) is 60.2 Å². The van der Waals surface area contributed by atoms with Crippen LogP contribution in [-0.2, 0) is 6.18 Å². The predicted octanol–water partition coefficient (Wildman–Crippen LogP) is 4.19. The van der Waals surface area contributed by atoms with E-state index >= 15 is 0 Å². The first-order valence-corrected chi connectivity index (χ1v) is 10.2. The molecule has 5 rings (SSSR count). The third-order valence-electron chi connectivity index (χ3n) is 5.36. The number of benzene rings is 2. The van der Waals surface area contributed by atoms with Gasteiger partial charge in [0.05, 0.1) is 16.8 Å². The largest absolute Gasteiger partial charge is 0.417 e. The van der Waals surface area contributed by atoms with Gasteiger partial charge in [-0.25, -0.2) is 4.98 Å². The van der Waals surface area contributed by atoms with E-state index in [0.717, 1.165) is 30.1 Å². The van der Waals surface area contributed by atoms with E-state index in [-0.39, 0.29) is 17.2 Å². The van der Waals surface area contributed by atoms with Crippen molar-refractivity contribution in [2.75, 3.05) is 36.4 Å². The lowest BCUT2D eigenvalue weighted by Crippen LogP contribution is -2.44. The molecule has 10 heteroatoms. The molecule has 3 N–H and O–H groups in total. The summed E-state index contributed by atoms with van der Waals surface area (Å²) in [5.74, 6) is 1.26. The first kappa shape index (κ1) is 20.3. The van der Waals surface area contributed by atoms with E-state index in [2.05, 4.69) is 30.8 Å². The van der Waals surface area contributed by atoms with Gasteiger partial charge >= 0.3 is 6.18 Å². The zero-order valence-electron chi connectivity index (χ0n) is 16.9. The Hall–Kier alpha value is -3.66. The number of halogens is 3. The van der Waals surface area contributed by atoms with Gasteiger partial charge in [0.2, 0.25) is 5.95 Å². The van der Waals surface area contributed by atoms with Gasteiger partial charge in [-0.15, -0.1) is 0 Å². The first-order valence-electron chi connectivity index (χ1n) is 10.2. The summed E-state index contributed by atoms with van der Waals surface area (Å²) in [5.41, 5.74) is 0.301. The smallest absolute Gasteiger partial charge is 0.354 e. The van der Waals surface area contributed by atoms with Crippen molar-refractivity contribution >= 4 is 28.5 Å². The van der Waals surface area contributed by atoms with Gasteiger partial charge in [-0.3, -0.25) is 5.10 Å². The molecule has 1 fully saturated rings. The van der Waals surface area contributed by atoms with Gasteiger partial charge in [0.15, 0.2) is 5.82 Å². The number of nitrogens with one attached hydrogen (secondary N) is 3. The third-order valence-corrected chi connectivity index (χ3v) is 5.36. The topological polar surface area (TPSA) is 81.8 Å². The maximum Gasteiger partial charge on any atom is 0.417 e. The van der Waals surface area contributed by atoms with Crippen LogP contribution in [0, 0.1) is 0 Å². The van der Waals surface area contributed by atoms with E-state index < -0.39 is 11.7 Å². The highest BCUT2D eigenvalue weighted by Crippen LogP contribution is 2.37. The number of hydrogen-bond donors (Lipinski definition) is 3. The Kier molecular flexibility index (Phi) is 5.14. The average Bonchev–Trinajstić information content (AvgIpc) is 3.22. The van der Waals surface area contributed by atoms with Crippen molar-refractivity contribution < 1.29 is 13.2 Å². The highest BCUT2D eigenvalue weighted by molar-refractivity contribution is 5.90. The molecule has 0 bridgehead atoms. The van der Waals surface area contributed by atoms with Crippen LogP contribution in [0.3, 0.4) is 0 Å². The number of piperazine rings is 1. The molecule has 164 valence electrons. The number of anilines is 3. The van der Waals surface area contributed by atoms with Crippen molar-refractivity contribution in [3.8, 4) is 11.3 Å². The Bertz CT molecular complexity index is 1250. The molecule has 0 amide bonds. The highest BCUT2D eigenvalue weighted by Gasteiger charge is 2.34. The normalized spacial score (nSPS) is 14.7. The molecule has 1 saturated heterocycles. The van der Waals surface area contributed by atoms with Crippen molar-refractivity contribution in [2.24, 2.45) is 0 Å². The average molecular weight is 439 g/mol. The number of para-hydroxylation sites is 1. The third kappa shape index (κ3) is 3.96. The maximum absolute atomic E-state index is 13.7. The monoisotopic (exact) mass is 439 g/mol. The van der Waals surface area contributed by atoms with Crippen molar-refractivity contribution in [2.45, 2.75) is 6.18 Å². The molecule has 1 aliphatic rings. The maximum atomic E-state index is 13.7. The van der Waals surface area contributed by atoms with Crippen LogP contribution < -0.4 is 15.5 Å². The molecule has 0 radical (unpaired) electrons. The summed E-state index contributed by atoms with van der Waals surface area (Å²) < 4.78 is 41.0. The Labute approximate surface area is 181 Å². The van der Waals surface area contributed by atoms with Gasteiger partial charge < -0.3 is 15.5 Å². The second-order valence-corrected chi connectivity index (χ2v) is 7.46. The zero-order chi connectivity index (χ0) is 22.1. The number of alkyl halides is 3. The molecule has 2 aromatic carbocycles. The highest BCUT2D eigenvalue weighted by atomic mass is 19.4. The van der Waals surface area contributed by atoms with Crippen LogP contribution in [0.4, 0.5) is 30.8 Å². The van der Waals surface area contributed by atoms with Gasteiger partial charge in [0.1, 0.15) is 5.82 Å². The van der Waals surface area contributed by atoms with Gasteiger partial charge in [0, 0.05) is 43.2 Å². The number of aromatic amines is 1. The standard InChI is InChI=1S/C22H20F3N7/c23-22(24,25)16-7-3-1-5-14(16)18-13-19(32-11-9-26-10-12-32)28-21(27-18)29-20-15-6-2-4-8-17(15)30-31-20/h1-8,13,26H,9-12H2,(H2,27,28,29,30,31). The fourth-order valence-corrected chi connectivity index (χ4v) is 3.80. The molecule has 0 spiro atoms. The van der Waals surface area contributed by atoms with E-state index in [4.69, 9.17) is 0 Å². The van der Waals surface area contributed by atoms with Crippen LogP contribution in [-0.4, -0.2) is 46.3 Å². The minimum atomic E-state index is -4.50. The molecule has 32 heavy (non-hydrogen) atoms. The van der Waals surface area contributed by atoms with E-state index in [1.54, 1.807) is 12.1 Å². The summed E-state index contributed by atoms with van der Waals surface area (Å²) in [4.78, 5) is 11.1. The summed E-state index contributed by atoms with van der Waals surface area (Å²) in [6.07, 6.45) is -4.50. The van der Waals surface area contributed by atoms with Crippen LogP contribution in [0.15, 0.2) is 54.6 Å². The molecule has 7 nitrogen and oxygen atoms in total. The molecule has 0 unspecified atom stereocenters. The summed E-state index contributed by atoms with van der Waals surface area (Å²) in [6, 6.07) is 14.6. The first-order chi connectivity index (χ1) is 15.5. The second-order valence-electron chi connectivity index (χ2n) is 7.46. The van der Waals surface area contributed by atoms with Crippen LogP contribution in [0.5, 0.6) is 0 Å². The van der Waals surface area contributed by atoms with E-state index in [0.29, 0.717) is 24.7 Å². The van der Waals surface area contributed by atoms with Crippen LogP contribution in [0.2, 0.25) is 0 Å². The SMILES string of the molecule is FC(F)(F)c1ccccc1-c1cc(N2CCNCC2)nc(Nc2n[nH]c3ccccc23)n1. The number of nitrogens with zero attached hydrogens (tertiary/aromatic N) is 4. The fourth-order valence-electron chi connectivity index (χ4n) is 3.80.